The summed E-state index contributed by atoms with van der Waals surface area (Å²) in [5, 5.41) is 11.5. The lowest BCUT2D eigenvalue weighted by Gasteiger charge is -2.38. The summed E-state index contributed by atoms with van der Waals surface area (Å²) in [6.45, 7) is 2.26. The monoisotopic (exact) mass is 418 g/mol. The second kappa shape index (κ2) is 7.64. The quantitative estimate of drug-likeness (QED) is 0.785. The highest BCUT2D eigenvalue weighted by Gasteiger charge is 2.50. The first-order chi connectivity index (χ1) is 14.3. The Morgan fingerprint density at radius 3 is 2.27 bits per heavy atom. The van der Waals surface area contributed by atoms with Gasteiger partial charge in [-0.05, 0) is 42.7 Å². The van der Waals surface area contributed by atoms with Crippen molar-refractivity contribution in [1.29, 1.82) is 5.41 Å². The molecular formula is C21H21F3N4O2. The fourth-order valence-electron chi connectivity index (χ4n) is 3.97. The van der Waals surface area contributed by atoms with Gasteiger partial charge in [-0.3, -0.25) is 10.3 Å². The number of hydrogen-bond donors (Lipinski definition) is 2. The third-order valence-corrected chi connectivity index (χ3v) is 5.51. The number of anilines is 1. The number of alkyl halides is 3. The number of carbonyl (C=O) groups is 1. The van der Waals surface area contributed by atoms with Crippen molar-refractivity contribution in [3.63, 3.8) is 0 Å². The molecule has 0 unspecified atom stereocenters. The number of amidine groups is 1. The number of ether oxygens (including phenoxy) is 1. The molecule has 2 aliphatic heterocycles. The molecule has 9 heteroatoms. The molecule has 2 aromatic rings. The maximum atomic E-state index is 12.6. The van der Waals surface area contributed by atoms with Gasteiger partial charge in [-0.25, -0.2) is 9.69 Å². The molecule has 2 saturated heterocycles. The number of carbonyl (C=O) groups excluding carboxylic acids is 1. The smallest absolute Gasteiger partial charge is 0.406 e. The summed E-state index contributed by atoms with van der Waals surface area (Å²) < 4.78 is 40.9. The minimum Gasteiger partial charge on any atom is -0.406 e. The van der Waals surface area contributed by atoms with Gasteiger partial charge in [0.2, 0.25) is 0 Å². The van der Waals surface area contributed by atoms with Gasteiger partial charge < -0.3 is 10.1 Å². The number of nitrogens with one attached hydrogen (secondary N) is 2. The number of nitrogens with zero attached hydrogens (tertiary/aromatic N) is 2. The second-order valence-corrected chi connectivity index (χ2v) is 7.50. The first-order valence-electron chi connectivity index (χ1n) is 9.59. The van der Waals surface area contributed by atoms with Crippen LogP contribution in [0.25, 0.3) is 0 Å². The largest absolute Gasteiger partial charge is 0.573 e. The molecule has 2 fully saturated rings. The van der Waals surface area contributed by atoms with E-state index in [1.807, 2.05) is 18.2 Å². The molecule has 4 rings (SSSR count). The minimum atomic E-state index is -4.78. The van der Waals surface area contributed by atoms with Crippen LogP contribution >= 0.6 is 0 Å². The van der Waals surface area contributed by atoms with Crippen LogP contribution in [0.4, 0.5) is 23.7 Å². The maximum absolute atomic E-state index is 12.6. The predicted octanol–water partition coefficient (Wildman–Crippen LogP) is 4.13. The van der Waals surface area contributed by atoms with Crippen molar-refractivity contribution < 1.29 is 22.7 Å². The molecule has 2 N–H and O–H groups in total. The fraction of sp³-hybridized carbons (Fsp3) is 0.333. The Bertz CT molecular complexity index is 924. The molecule has 0 aromatic heterocycles. The summed E-state index contributed by atoms with van der Waals surface area (Å²) in [4.78, 5) is 16.1. The Balaban J connectivity index is 1.43. The van der Waals surface area contributed by atoms with Crippen LogP contribution in [0.2, 0.25) is 0 Å². The van der Waals surface area contributed by atoms with E-state index in [2.05, 4.69) is 27.1 Å². The van der Waals surface area contributed by atoms with Gasteiger partial charge in [-0.2, -0.15) is 0 Å². The fourth-order valence-corrected chi connectivity index (χ4v) is 3.97. The van der Waals surface area contributed by atoms with Crippen molar-refractivity contribution in [3.05, 3.63) is 60.2 Å². The third kappa shape index (κ3) is 4.11. The van der Waals surface area contributed by atoms with E-state index in [9.17, 15) is 18.0 Å². The van der Waals surface area contributed by atoms with E-state index >= 15 is 0 Å². The average molecular weight is 418 g/mol. The van der Waals surface area contributed by atoms with Gasteiger partial charge in [0, 0.05) is 19.6 Å². The highest BCUT2D eigenvalue weighted by atomic mass is 19.4. The Hall–Kier alpha value is -3.07. The molecule has 2 amide bonds. The van der Waals surface area contributed by atoms with Gasteiger partial charge in [-0.1, -0.05) is 30.3 Å². The lowest BCUT2D eigenvalue weighted by atomic mass is 9.86. The summed E-state index contributed by atoms with van der Waals surface area (Å²) >= 11 is 0. The van der Waals surface area contributed by atoms with Gasteiger partial charge in [0.05, 0.1) is 5.69 Å². The maximum Gasteiger partial charge on any atom is 0.573 e. The number of amides is 2. The number of rotatable bonds is 4. The molecule has 6 nitrogen and oxygen atoms in total. The number of benzene rings is 2. The Morgan fingerprint density at radius 1 is 1.03 bits per heavy atom. The number of likely N-dealkylation sites (tertiary alicyclic amines) is 1. The molecular weight excluding hydrogens is 397 g/mol. The van der Waals surface area contributed by atoms with Crippen LogP contribution < -0.4 is 15.0 Å². The van der Waals surface area contributed by atoms with Gasteiger partial charge in [0.15, 0.2) is 0 Å². The van der Waals surface area contributed by atoms with Crippen molar-refractivity contribution >= 4 is 17.6 Å². The normalized spacial score (nSPS) is 19.2. The number of piperidine rings is 1. The Labute approximate surface area is 171 Å². The number of hydrogen-bond acceptors (Lipinski definition) is 4. The third-order valence-electron chi connectivity index (χ3n) is 5.51. The van der Waals surface area contributed by atoms with Crippen molar-refractivity contribution in [1.82, 2.24) is 10.2 Å². The van der Waals surface area contributed by atoms with Gasteiger partial charge in [-0.15, -0.1) is 13.2 Å². The molecule has 158 valence electrons. The van der Waals surface area contributed by atoms with Crippen LogP contribution in [0.3, 0.4) is 0 Å². The standard InChI is InChI=1S/C21H21F3N4O2/c22-21(23,24)30-17-8-6-16(7-9-17)28-18(25)20(26-19(28)29)10-12-27(13-11-20)14-15-4-2-1-3-5-15/h1-9,25H,10-14H2,(H,26,29). The van der Waals surface area contributed by atoms with Crippen molar-refractivity contribution in [2.75, 3.05) is 18.0 Å². The average Bonchev–Trinajstić information content (AvgIpc) is 2.94. The van der Waals surface area contributed by atoms with Crippen LogP contribution in [-0.4, -0.2) is 41.8 Å². The van der Waals surface area contributed by atoms with Crippen molar-refractivity contribution in [2.24, 2.45) is 0 Å². The van der Waals surface area contributed by atoms with Gasteiger partial charge in [0.25, 0.3) is 0 Å². The molecule has 2 aromatic carbocycles. The van der Waals surface area contributed by atoms with Crippen molar-refractivity contribution in [3.8, 4) is 5.75 Å². The van der Waals surface area contributed by atoms with E-state index in [1.165, 1.54) is 22.6 Å². The summed E-state index contributed by atoms with van der Waals surface area (Å²) in [6.07, 6.45) is -3.59. The molecule has 2 aliphatic rings. The van der Waals surface area contributed by atoms with E-state index in [-0.39, 0.29) is 11.6 Å². The molecule has 0 aliphatic carbocycles. The molecule has 0 atom stereocenters. The SMILES string of the molecule is N=C1N(c2ccc(OC(F)(F)F)cc2)C(=O)NC12CCN(Cc1ccccc1)CC2. The van der Waals surface area contributed by atoms with E-state index in [0.29, 0.717) is 18.5 Å². The van der Waals surface area contributed by atoms with Crippen LogP contribution in [-0.2, 0) is 6.54 Å². The van der Waals surface area contributed by atoms with Crippen LogP contribution in [0.15, 0.2) is 54.6 Å². The lowest BCUT2D eigenvalue weighted by molar-refractivity contribution is -0.274. The summed E-state index contributed by atoms with van der Waals surface area (Å²) in [5.74, 6) is -0.252. The van der Waals surface area contributed by atoms with Crippen LogP contribution in [0.5, 0.6) is 5.75 Å². The summed E-state index contributed by atoms with van der Waals surface area (Å²) in [7, 11) is 0. The van der Waals surface area contributed by atoms with E-state index in [1.54, 1.807) is 0 Å². The zero-order valence-corrected chi connectivity index (χ0v) is 16.1. The van der Waals surface area contributed by atoms with Crippen molar-refractivity contribution in [2.45, 2.75) is 31.3 Å². The molecule has 0 saturated carbocycles. The van der Waals surface area contributed by atoms with Crippen LogP contribution in [0, 0.1) is 5.41 Å². The van der Waals surface area contributed by atoms with Crippen LogP contribution in [0.1, 0.15) is 18.4 Å². The molecule has 0 radical (unpaired) electrons. The molecule has 1 spiro atoms. The number of urea groups is 1. The topological polar surface area (TPSA) is 68.7 Å². The Kier molecular flexibility index (Phi) is 5.15. The molecule has 30 heavy (non-hydrogen) atoms. The zero-order chi connectivity index (χ0) is 21.4. The molecule has 0 bridgehead atoms. The molecule has 2 heterocycles. The lowest BCUT2D eigenvalue weighted by Crippen LogP contribution is -2.54. The highest BCUT2D eigenvalue weighted by molar-refractivity contribution is 6.24. The first-order valence-corrected chi connectivity index (χ1v) is 9.59. The van der Waals surface area contributed by atoms with Gasteiger partial charge in [0.1, 0.15) is 17.1 Å². The van der Waals surface area contributed by atoms with E-state index in [0.717, 1.165) is 31.8 Å². The summed E-state index contributed by atoms with van der Waals surface area (Å²) in [5.41, 5.74) is 0.781. The first kappa shape index (κ1) is 20.2. The van der Waals surface area contributed by atoms with E-state index in [4.69, 9.17) is 5.41 Å². The highest BCUT2D eigenvalue weighted by Crippen LogP contribution is 2.34. The minimum absolute atomic E-state index is 0.122. The Morgan fingerprint density at radius 2 is 1.67 bits per heavy atom. The van der Waals surface area contributed by atoms with E-state index < -0.39 is 17.9 Å². The summed E-state index contributed by atoms with van der Waals surface area (Å²) in [6, 6.07) is 14.6. The number of halogens is 3. The second-order valence-electron chi connectivity index (χ2n) is 7.50. The van der Waals surface area contributed by atoms with Gasteiger partial charge >= 0.3 is 12.4 Å². The predicted molar refractivity (Wildman–Crippen MR) is 106 cm³/mol. The zero-order valence-electron chi connectivity index (χ0n) is 16.1.